The molecule has 1 amide bonds. The van der Waals surface area contributed by atoms with Gasteiger partial charge in [-0.15, -0.1) is 0 Å². The summed E-state index contributed by atoms with van der Waals surface area (Å²) in [6, 6.07) is 9.87. The maximum atomic E-state index is 12.9. The van der Waals surface area contributed by atoms with Gasteiger partial charge >= 0.3 is 0 Å². The summed E-state index contributed by atoms with van der Waals surface area (Å²) in [5.41, 5.74) is 0.410. The van der Waals surface area contributed by atoms with Crippen LogP contribution in [-0.2, 0) is 20.1 Å². The van der Waals surface area contributed by atoms with E-state index in [-0.39, 0.29) is 16.7 Å². The highest BCUT2D eigenvalue weighted by Gasteiger charge is 2.39. The van der Waals surface area contributed by atoms with Gasteiger partial charge in [0.05, 0.1) is 23.6 Å². The molecule has 7 nitrogen and oxygen atoms in total. The van der Waals surface area contributed by atoms with E-state index in [1.165, 1.54) is 0 Å². The highest BCUT2D eigenvalue weighted by molar-refractivity contribution is 7.90. The molecule has 3 rings (SSSR count). The molecule has 1 N–H and O–H groups in total. The number of aromatic nitrogens is 1. The minimum Gasteiger partial charge on any atom is -0.477 e. The number of pyridine rings is 1. The van der Waals surface area contributed by atoms with Crippen LogP contribution in [0.25, 0.3) is 0 Å². The zero-order chi connectivity index (χ0) is 19.5. The van der Waals surface area contributed by atoms with Crippen LogP contribution in [0, 0.1) is 0 Å². The number of hydrogen-bond acceptors (Lipinski definition) is 6. The molecule has 1 aliphatic rings. The molecule has 144 valence electrons. The van der Waals surface area contributed by atoms with Gasteiger partial charge in [0.25, 0.3) is 5.91 Å². The Morgan fingerprint density at radius 3 is 2.63 bits per heavy atom. The minimum atomic E-state index is -3.28. The molecule has 2 heterocycles. The average Bonchev–Trinajstić information content (AvgIpc) is 3.11. The zero-order valence-electron chi connectivity index (χ0n) is 15.3. The van der Waals surface area contributed by atoms with E-state index in [4.69, 9.17) is 9.47 Å². The number of carbonyl (C=O) groups is 1. The summed E-state index contributed by atoms with van der Waals surface area (Å²) in [4.78, 5) is 17.3. The van der Waals surface area contributed by atoms with Crippen molar-refractivity contribution in [1.82, 2.24) is 10.3 Å². The van der Waals surface area contributed by atoms with Crippen molar-refractivity contribution in [1.29, 1.82) is 0 Å². The van der Waals surface area contributed by atoms with Crippen molar-refractivity contribution in [2.45, 2.75) is 23.8 Å². The SMILES string of the molecule is CCOc1ncccc1C(=O)NC1(c2ccc(S(C)(=O)=O)cc2)CCOC1. The van der Waals surface area contributed by atoms with E-state index < -0.39 is 15.4 Å². The number of hydrogen-bond donors (Lipinski definition) is 1. The Morgan fingerprint density at radius 1 is 1.30 bits per heavy atom. The summed E-state index contributed by atoms with van der Waals surface area (Å²) >= 11 is 0. The van der Waals surface area contributed by atoms with Crippen molar-refractivity contribution < 1.29 is 22.7 Å². The first-order valence-electron chi connectivity index (χ1n) is 8.64. The molecule has 0 bridgehead atoms. The van der Waals surface area contributed by atoms with E-state index in [0.29, 0.717) is 31.8 Å². The summed E-state index contributed by atoms with van der Waals surface area (Å²) in [5, 5.41) is 3.05. The molecule has 0 spiro atoms. The third-order valence-electron chi connectivity index (χ3n) is 4.51. The second-order valence-corrected chi connectivity index (χ2v) is 8.44. The molecule has 2 aromatic rings. The third kappa shape index (κ3) is 4.12. The number of ether oxygens (including phenoxy) is 2. The first-order valence-corrected chi connectivity index (χ1v) is 10.5. The van der Waals surface area contributed by atoms with Gasteiger partial charge in [-0.25, -0.2) is 13.4 Å². The Hall–Kier alpha value is -2.45. The van der Waals surface area contributed by atoms with Crippen molar-refractivity contribution in [3.63, 3.8) is 0 Å². The fraction of sp³-hybridized carbons (Fsp3) is 0.368. The molecule has 0 radical (unpaired) electrons. The fourth-order valence-corrected chi connectivity index (χ4v) is 3.72. The van der Waals surface area contributed by atoms with Crippen molar-refractivity contribution in [3.8, 4) is 5.88 Å². The molecular weight excluding hydrogens is 368 g/mol. The van der Waals surface area contributed by atoms with E-state index in [1.54, 1.807) is 42.6 Å². The van der Waals surface area contributed by atoms with E-state index >= 15 is 0 Å². The number of sulfone groups is 1. The lowest BCUT2D eigenvalue weighted by Crippen LogP contribution is -2.46. The van der Waals surface area contributed by atoms with Crippen molar-refractivity contribution in [2.75, 3.05) is 26.1 Å². The predicted octanol–water partition coefficient (Wildman–Crippen LogP) is 1.93. The van der Waals surface area contributed by atoms with Crippen LogP contribution in [0.1, 0.15) is 29.3 Å². The van der Waals surface area contributed by atoms with Gasteiger partial charge in [0, 0.05) is 25.5 Å². The fourth-order valence-electron chi connectivity index (χ4n) is 3.08. The van der Waals surface area contributed by atoms with Crippen LogP contribution in [0.2, 0.25) is 0 Å². The van der Waals surface area contributed by atoms with Gasteiger partial charge < -0.3 is 14.8 Å². The topological polar surface area (TPSA) is 94.6 Å². The summed E-state index contributed by atoms with van der Waals surface area (Å²) in [6.45, 7) is 3.03. The largest absolute Gasteiger partial charge is 0.477 e. The van der Waals surface area contributed by atoms with Gasteiger partial charge in [-0.3, -0.25) is 4.79 Å². The second kappa shape index (κ2) is 7.66. The van der Waals surface area contributed by atoms with E-state index in [1.807, 2.05) is 6.92 Å². The molecule has 1 saturated heterocycles. The quantitative estimate of drug-likeness (QED) is 0.810. The summed E-state index contributed by atoms with van der Waals surface area (Å²) in [7, 11) is -3.28. The monoisotopic (exact) mass is 390 g/mol. The van der Waals surface area contributed by atoms with Crippen molar-refractivity contribution in [3.05, 3.63) is 53.7 Å². The van der Waals surface area contributed by atoms with Crippen LogP contribution in [0.5, 0.6) is 5.88 Å². The first-order chi connectivity index (χ1) is 12.9. The molecule has 1 aromatic heterocycles. The van der Waals surface area contributed by atoms with Gasteiger partial charge in [0.2, 0.25) is 5.88 Å². The van der Waals surface area contributed by atoms with E-state index in [9.17, 15) is 13.2 Å². The third-order valence-corrected chi connectivity index (χ3v) is 5.63. The molecule has 0 aliphatic carbocycles. The number of nitrogens with one attached hydrogen (secondary N) is 1. The maximum absolute atomic E-state index is 12.9. The van der Waals surface area contributed by atoms with E-state index in [2.05, 4.69) is 10.3 Å². The molecule has 27 heavy (non-hydrogen) atoms. The Morgan fingerprint density at radius 2 is 2.04 bits per heavy atom. The molecule has 1 atom stereocenters. The van der Waals surface area contributed by atoms with Crippen molar-refractivity contribution >= 4 is 15.7 Å². The van der Waals surface area contributed by atoms with Gasteiger partial charge in [-0.1, -0.05) is 12.1 Å². The van der Waals surface area contributed by atoms with Gasteiger partial charge in [-0.2, -0.15) is 0 Å². The lowest BCUT2D eigenvalue weighted by molar-refractivity contribution is 0.0871. The average molecular weight is 390 g/mol. The molecular formula is C19H22N2O5S. The normalized spacial score (nSPS) is 19.6. The van der Waals surface area contributed by atoms with Crippen LogP contribution in [0.15, 0.2) is 47.5 Å². The Labute approximate surface area is 158 Å². The van der Waals surface area contributed by atoms with Crippen LogP contribution in [0.3, 0.4) is 0 Å². The maximum Gasteiger partial charge on any atom is 0.257 e. The summed E-state index contributed by atoms with van der Waals surface area (Å²) in [6.07, 6.45) is 3.32. The van der Waals surface area contributed by atoms with Crippen LogP contribution < -0.4 is 10.1 Å². The first kappa shape index (κ1) is 19.3. The molecule has 1 aromatic carbocycles. The number of amides is 1. The summed E-state index contributed by atoms with van der Waals surface area (Å²) in [5.74, 6) is -0.0387. The lowest BCUT2D eigenvalue weighted by Gasteiger charge is -2.30. The van der Waals surface area contributed by atoms with Gasteiger partial charge in [0.1, 0.15) is 5.56 Å². The molecule has 0 saturated carbocycles. The highest BCUT2D eigenvalue weighted by Crippen LogP contribution is 2.32. The Bertz CT molecular complexity index is 919. The Balaban J connectivity index is 1.91. The van der Waals surface area contributed by atoms with E-state index in [0.717, 1.165) is 11.8 Å². The number of rotatable bonds is 6. The number of benzene rings is 1. The highest BCUT2D eigenvalue weighted by atomic mass is 32.2. The standard InChI is InChI=1S/C19H22N2O5S/c1-3-26-18-16(5-4-11-20-18)17(22)21-19(10-12-25-13-19)14-6-8-15(9-7-14)27(2,23)24/h4-9,11H,3,10,12-13H2,1-2H3,(H,21,22). The second-order valence-electron chi connectivity index (χ2n) is 6.42. The minimum absolute atomic E-state index is 0.234. The summed E-state index contributed by atoms with van der Waals surface area (Å²) < 4.78 is 34.4. The molecule has 1 unspecified atom stereocenters. The molecule has 1 aliphatic heterocycles. The van der Waals surface area contributed by atoms with Crippen LogP contribution >= 0.6 is 0 Å². The smallest absolute Gasteiger partial charge is 0.257 e. The van der Waals surface area contributed by atoms with Crippen molar-refractivity contribution in [2.24, 2.45) is 0 Å². The lowest BCUT2D eigenvalue weighted by atomic mass is 9.88. The van der Waals surface area contributed by atoms with Crippen LogP contribution in [-0.4, -0.2) is 45.4 Å². The Kier molecular flexibility index (Phi) is 5.48. The van der Waals surface area contributed by atoms with Gasteiger partial charge in [0.15, 0.2) is 9.84 Å². The number of nitrogens with zero attached hydrogens (tertiary/aromatic N) is 1. The molecule has 1 fully saturated rings. The van der Waals surface area contributed by atoms with Crippen LogP contribution in [0.4, 0.5) is 0 Å². The zero-order valence-corrected chi connectivity index (χ0v) is 16.1. The predicted molar refractivity (Wildman–Crippen MR) is 99.5 cm³/mol. The molecule has 8 heteroatoms. The van der Waals surface area contributed by atoms with Gasteiger partial charge in [-0.05, 0) is 36.8 Å². The number of carbonyl (C=O) groups excluding carboxylic acids is 1.